The van der Waals surface area contributed by atoms with Crippen LogP contribution in [-0.4, -0.2) is 16.0 Å². The molecule has 2 N–H and O–H groups in total. The Morgan fingerprint density at radius 1 is 0.875 bits per heavy atom. The Bertz CT molecular complexity index is 1350. The number of rotatable bonds is 3. The summed E-state index contributed by atoms with van der Waals surface area (Å²) < 4.78 is 1.33. The average Bonchev–Trinajstić information content (AvgIpc) is 3.07. The molecule has 0 aromatic heterocycles. The molecule has 1 aliphatic carbocycles. The summed E-state index contributed by atoms with van der Waals surface area (Å²) in [5.74, 6) is -0.593. The monoisotopic (exact) mass is 550 g/mol. The maximum absolute atomic E-state index is 13.0. The SMILES string of the molecule is O=C1C(C2=C[C@H](c3ccccc3)[C@H](c3cc(Br)cc(Br)c3O)N=N2)=C(O)c2ccccc21. The molecule has 0 saturated carbocycles. The van der Waals surface area contributed by atoms with E-state index in [0.717, 1.165) is 10.0 Å². The average molecular weight is 552 g/mol. The summed E-state index contributed by atoms with van der Waals surface area (Å²) in [4.78, 5) is 13.0. The lowest BCUT2D eigenvalue weighted by Gasteiger charge is -2.26. The number of allylic oxidation sites excluding steroid dienone is 1. The van der Waals surface area contributed by atoms with E-state index in [1.165, 1.54) is 0 Å². The van der Waals surface area contributed by atoms with Gasteiger partial charge in [-0.3, -0.25) is 4.79 Å². The van der Waals surface area contributed by atoms with E-state index in [4.69, 9.17) is 0 Å². The number of aliphatic hydroxyl groups excluding tert-OH is 1. The molecular weight excluding hydrogens is 536 g/mol. The molecule has 5 nitrogen and oxygen atoms in total. The fourth-order valence-corrected chi connectivity index (χ4v) is 5.41. The van der Waals surface area contributed by atoms with Crippen molar-refractivity contribution in [3.8, 4) is 5.75 Å². The number of fused-ring (bicyclic) bond motifs is 1. The van der Waals surface area contributed by atoms with Gasteiger partial charge in [-0.15, -0.1) is 0 Å². The van der Waals surface area contributed by atoms with Gasteiger partial charge in [0.1, 0.15) is 17.6 Å². The highest BCUT2D eigenvalue weighted by molar-refractivity contribution is 9.11. The lowest BCUT2D eigenvalue weighted by Crippen LogP contribution is -2.13. The van der Waals surface area contributed by atoms with Gasteiger partial charge in [0.15, 0.2) is 5.78 Å². The van der Waals surface area contributed by atoms with Crippen LogP contribution in [0.5, 0.6) is 5.75 Å². The van der Waals surface area contributed by atoms with Crippen LogP contribution in [-0.2, 0) is 0 Å². The summed E-state index contributed by atoms with van der Waals surface area (Å²) in [5.41, 5.74) is 2.96. The van der Waals surface area contributed by atoms with E-state index in [1.807, 2.05) is 42.5 Å². The number of phenolic OH excluding ortho intramolecular Hbond substituents is 1. The number of aromatic hydroxyl groups is 1. The molecule has 32 heavy (non-hydrogen) atoms. The van der Waals surface area contributed by atoms with Crippen molar-refractivity contribution in [1.82, 2.24) is 0 Å². The van der Waals surface area contributed by atoms with Crippen LogP contribution in [0.15, 0.2) is 103 Å². The first-order chi connectivity index (χ1) is 15.5. The third kappa shape index (κ3) is 3.42. The van der Waals surface area contributed by atoms with E-state index in [1.54, 1.807) is 30.3 Å². The second-order valence-electron chi connectivity index (χ2n) is 7.57. The van der Waals surface area contributed by atoms with Gasteiger partial charge in [0.05, 0.1) is 15.7 Å². The highest BCUT2D eigenvalue weighted by Crippen LogP contribution is 2.47. The van der Waals surface area contributed by atoms with E-state index in [0.29, 0.717) is 26.9 Å². The predicted molar refractivity (Wildman–Crippen MR) is 129 cm³/mol. The quantitative estimate of drug-likeness (QED) is 0.359. The number of benzene rings is 3. The highest BCUT2D eigenvalue weighted by atomic mass is 79.9. The van der Waals surface area contributed by atoms with E-state index < -0.39 is 6.04 Å². The molecule has 0 unspecified atom stereocenters. The third-order valence-electron chi connectivity index (χ3n) is 5.68. The standard InChI is InChI=1S/C25H16Br2N2O3/c26-14-10-18(23(30)19(27)11-14)22-17(13-6-2-1-3-7-13)12-20(28-29-22)21-24(31)15-8-4-5-9-16(15)25(21)32/h1-12,17,22,30-31H/t17-,22-/m1/s1. The maximum atomic E-state index is 13.0. The number of aliphatic hydroxyl groups is 1. The van der Waals surface area contributed by atoms with E-state index in [9.17, 15) is 15.0 Å². The summed E-state index contributed by atoms with van der Waals surface area (Å²) in [6.07, 6.45) is 1.84. The van der Waals surface area contributed by atoms with Crippen molar-refractivity contribution in [2.75, 3.05) is 0 Å². The second-order valence-corrected chi connectivity index (χ2v) is 9.34. The Morgan fingerprint density at radius 3 is 2.28 bits per heavy atom. The highest BCUT2D eigenvalue weighted by Gasteiger charge is 2.36. The van der Waals surface area contributed by atoms with Crippen LogP contribution in [0.1, 0.15) is 39.0 Å². The Balaban J connectivity index is 1.64. The lowest BCUT2D eigenvalue weighted by molar-refractivity contribution is 0.103. The van der Waals surface area contributed by atoms with Crippen LogP contribution in [0, 0.1) is 0 Å². The van der Waals surface area contributed by atoms with Crippen LogP contribution >= 0.6 is 31.9 Å². The van der Waals surface area contributed by atoms with Gasteiger partial charge < -0.3 is 10.2 Å². The predicted octanol–water partition coefficient (Wildman–Crippen LogP) is 7.26. The van der Waals surface area contributed by atoms with Crippen molar-refractivity contribution in [2.45, 2.75) is 12.0 Å². The smallest absolute Gasteiger partial charge is 0.199 e. The van der Waals surface area contributed by atoms with Crippen LogP contribution in [0.4, 0.5) is 0 Å². The number of phenols is 1. The maximum Gasteiger partial charge on any atom is 0.199 e. The Kier molecular flexibility index (Phi) is 5.31. The lowest BCUT2D eigenvalue weighted by atomic mass is 9.85. The van der Waals surface area contributed by atoms with Crippen LogP contribution in [0.3, 0.4) is 0 Å². The van der Waals surface area contributed by atoms with Crippen molar-refractivity contribution in [3.05, 3.63) is 115 Å². The summed E-state index contributed by atoms with van der Waals surface area (Å²) >= 11 is 6.86. The normalized spacial score (nSPS) is 19.8. The number of azo groups is 1. The minimum Gasteiger partial charge on any atom is -0.506 e. The number of carbonyl (C=O) groups excluding carboxylic acids is 1. The van der Waals surface area contributed by atoms with Crippen molar-refractivity contribution >= 4 is 43.4 Å². The molecule has 0 amide bonds. The number of halogens is 2. The fourth-order valence-electron chi connectivity index (χ4n) is 4.15. The number of hydrogen-bond donors (Lipinski definition) is 2. The molecule has 1 heterocycles. The van der Waals surface area contributed by atoms with Gasteiger partial charge in [0.25, 0.3) is 0 Å². The van der Waals surface area contributed by atoms with Crippen molar-refractivity contribution in [3.63, 3.8) is 0 Å². The molecule has 5 rings (SSSR count). The van der Waals surface area contributed by atoms with E-state index in [2.05, 4.69) is 42.1 Å². The van der Waals surface area contributed by atoms with Crippen molar-refractivity contribution < 1.29 is 15.0 Å². The van der Waals surface area contributed by atoms with Crippen LogP contribution in [0.2, 0.25) is 0 Å². The summed E-state index contributed by atoms with van der Waals surface area (Å²) in [6, 6.07) is 19.7. The zero-order chi connectivity index (χ0) is 22.4. The minimum atomic E-state index is -0.517. The molecule has 0 bridgehead atoms. The van der Waals surface area contributed by atoms with Gasteiger partial charge in [0.2, 0.25) is 0 Å². The number of hydrogen-bond acceptors (Lipinski definition) is 5. The molecule has 2 aliphatic rings. The molecule has 0 saturated heterocycles. The molecule has 7 heteroatoms. The van der Waals surface area contributed by atoms with Crippen LogP contribution < -0.4 is 0 Å². The largest absolute Gasteiger partial charge is 0.506 e. The molecule has 3 aromatic carbocycles. The topological polar surface area (TPSA) is 82.2 Å². The first kappa shape index (κ1) is 20.8. The first-order valence-corrected chi connectivity index (χ1v) is 11.5. The van der Waals surface area contributed by atoms with Gasteiger partial charge in [-0.2, -0.15) is 10.2 Å². The Morgan fingerprint density at radius 2 is 1.56 bits per heavy atom. The zero-order valence-electron chi connectivity index (χ0n) is 16.5. The van der Waals surface area contributed by atoms with Gasteiger partial charge in [0, 0.05) is 27.1 Å². The summed E-state index contributed by atoms with van der Waals surface area (Å²) in [7, 11) is 0. The van der Waals surface area contributed by atoms with Crippen molar-refractivity contribution in [2.24, 2.45) is 10.2 Å². The Labute approximate surface area is 201 Å². The summed E-state index contributed by atoms with van der Waals surface area (Å²) in [6.45, 7) is 0. The third-order valence-corrected chi connectivity index (χ3v) is 6.74. The minimum absolute atomic E-state index is 0.0846. The molecule has 0 radical (unpaired) electrons. The molecule has 0 fully saturated rings. The van der Waals surface area contributed by atoms with Gasteiger partial charge in [-0.05, 0) is 39.7 Å². The number of Topliss-reactive ketones (excluding diaryl/α,β-unsaturated/α-hetero) is 1. The van der Waals surface area contributed by atoms with Gasteiger partial charge in [-0.1, -0.05) is 70.5 Å². The van der Waals surface area contributed by atoms with Crippen molar-refractivity contribution in [1.29, 1.82) is 0 Å². The van der Waals surface area contributed by atoms with Crippen LogP contribution in [0.25, 0.3) is 5.76 Å². The van der Waals surface area contributed by atoms with Gasteiger partial charge in [-0.25, -0.2) is 0 Å². The number of carbonyl (C=O) groups is 1. The molecule has 0 spiro atoms. The Hall–Kier alpha value is -3.03. The first-order valence-electron chi connectivity index (χ1n) is 9.89. The number of nitrogens with zero attached hydrogens (tertiary/aromatic N) is 2. The molecule has 1 aliphatic heterocycles. The number of ketones is 1. The summed E-state index contributed by atoms with van der Waals surface area (Å²) in [5, 5.41) is 30.4. The molecule has 158 valence electrons. The molecule has 3 aromatic rings. The fraction of sp³-hybridized carbons (Fsp3) is 0.0800. The van der Waals surface area contributed by atoms with E-state index in [-0.39, 0.29) is 28.8 Å². The van der Waals surface area contributed by atoms with Gasteiger partial charge >= 0.3 is 0 Å². The molecular formula is C25H16Br2N2O3. The molecule has 2 atom stereocenters. The second kappa shape index (κ2) is 8.15. The van der Waals surface area contributed by atoms with E-state index >= 15 is 0 Å². The zero-order valence-corrected chi connectivity index (χ0v) is 19.7.